The predicted octanol–water partition coefficient (Wildman–Crippen LogP) is 2.75. The Balaban J connectivity index is 1.95. The number of amides is 2. The third-order valence-corrected chi connectivity index (χ3v) is 4.86. The summed E-state index contributed by atoms with van der Waals surface area (Å²) in [5.41, 5.74) is -0.220. The highest BCUT2D eigenvalue weighted by atomic mass is 79.9. The molecule has 2 amide bonds. The fourth-order valence-electron chi connectivity index (χ4n) is 3.19. The first-order valence-corrected chi connectivity index (χ1v) is 7.89. The SMILES string of the molecule is O=C1CN(c2ccc(F)c(Br)c2)C(=O)C2(CCCCC2)N1. The van der Waals surface area contributed by atoms with E-state index in [0.29, 0.717) is 18.5 Å². The van der Waals surface area contributed by atoms with E-state index in [4.69, 9.17) is 0 Å². The topological polar surface area (TPSA) is 49.4 Å². The molecule has 2 fully saturated rings. The Hall–Kier alpha value is -1.43. The van der Waals surface area contributed by atoms with Crippen molar-refractivity contribution in [1.29, 1.82) is 0 Å². The molecule has 2 aliphatic rings. The molecule has 112 valence electrons. The number of hydrogen-bond acceptors (Lipinski definition) is 2. The molecule has 1 aromatic carbocycles. The predicted molar refractivity (Wildman–Crippen MR) is 80.4 cm³/mol. The molecule has 1 aliphatic heterocycles. The molecule has 1 saturated heterocycles. The molecule has 6 heteroatoms. The molecule has 0 bridgehead atoms. The summed E-state index contributed by atoms with van der Waals surface area (Å²) in [5.74, 6) is -0.628. The van der Waals surface area contributed by atoms with E-state index in [-0.39, 0.29) is 28.6 Å². The fourth-order valence-corrected chi connectivity index (χ4v) is 3.56. The van der Waals surface area contributed by atoms with Gasteiger partial charge in [0.1, 0.15) is 17.9 Å². The number of anilines is 1. The third-order valence-electron chi connectivity index (χ3n) is 4.26. The van der Waals surface area contributed by atoms with Crippen LogP contribution in [0.3, 0.4) is 0 Å². The van der Waals surface area contributed by atoms with Crippen LogP contribution in [0, 0.1) is 5.82 Å². The molecule has 0 atom stereocenters. The van der Waals surface area contributed by atoms with Crippen LogP contribution in [0.2, 0.25) is 0 Å². The first-order valence-electron chi connectivity index (χ1n) is 7.10. The Morgan fingerprint density at radius 1 is 1.19 bits per heavy atom. The summed E-state index contributed by atoms with van der Waals surface area (Å²) in [6.45, 7) is -0.0152. The third kappa shape index (κ3) is 2.57. The molecule has 21 heavy (non-hydrogen) atoms. The maximum Gasteiger partial charge on any atom is 0.253 e. The van der Waals surface area contributed by atoms with Gasteiger partial charge in [-0.05, 0) is 47.0 Å². The zero-order chi connectivity index (χ0) is 15.0. The van der Waals surface area contributed by atoms with E-state index in [1.165, 1.54) is 17.0 Å². The van der Waals surface area contributed by atoms with Crippen LogP contribution in [0.4, 0.5) is 10.1 Å². The number of carbonyl (C=O) groups is 2. The monoisotopic (exact) mass is 354 g/mol. The lowest BCUT2D eigenvalue weighted by molar-refractivity contribution is -0.137. The van der Waals surface area contributed by atoms with Gasteiger partial charge in [0, 0.05) is 5.69 Å². The second kappa shape index (κ2) is 5.40. The van der Waals surface area contributed by atoms with Crippen molar-refractivity contribution < 1.29 is 14.0 Å². The van der Waals surface area contributed by atoms with Crippen LogP contribution < -0.4 is 10.2 Å². The van der Waals surface area contributed by atoms with Crippen molar-refractivity contribution in [3.63, 3.8) is 0 Å². The normalized spacial score (nSPS) is 21.5. The van der Waals surface area contributed by atoms with Gasteiger partial charge in [0.15, 0.2) is 0 Å². The number of carbonyl (C=O) groups excluding carboxylic acids is 2. The molecular weight excluding hydrogens is 339 g/mol. The Kier molecular flexibility index (Phi) is 3.73. The maximum atomic E-state index is 13.4. The molecule has 0 radical (unpaired) electrons. The Bertz CT molecular complexity index is 599. The average Bonchev–Trinajstić information content (AvgIpc) is 2.47. The van der Waals surface area contributed by atoms with Crippen LogP contribution in [0.15, 0.2) is 22.7 Å². The van der Waals surface area contributed by atoms with Gasteiger partial charge in [0.05, 0.1) is 4.47 Å². The molecule has 0 aromatic heterocycles. The minimum atomic E-state index is -0.769. The summed E-state index contributed by atoms with van der Waals surface area (Å²) >= 11 is 3.12. The zero-order valence-corrected chi connectivity index (χ0v) is 13.1. The first-order chi connectivity index (χ1) is 10.0. The van der Waals surface area contributed by atoms with Crippen molar-refractivity contribution in [2.75, 3.05) is 11.4 Å². The fraction of sp³-hybridized carbons (Fsp3) is 0.467. The van der Waals surface area contributed by atoms with E-state index >= 15 is 0 Å². The average molecular weight is 355 g/mol. The molecule has 0 unspecified atom stereocenters. The number of halogens is 2. The van der Waals surface area contributed by atoms with Crippen molar-refractivity contribution >= 4 is 33.4 Å². The van der Waals surface area contributed by atoms with Gasteiger partial charge >= 0.3 is 0 Å². The number of hydrogen-bond donors (Lipinski definition) is 1. The smallest absolute Gasteiger partial charge is 0.253 e. The highest BCUT2D eigenvalue weighted by Crippen LogP contribution is 2.34. The van der Waals surface area contributed by atoms with Gasteiger partial charge in [-0.1, -0.05) is 19.3 Å². The Morgan fingerprint density at radius 3 is 2.57 bits per heavy atom. The lowest BCUT2D eigenvalue weighted by Crippen LogP contribution is -2.67. The largest absolute Gasteiger partial charge is 0.340 e. The molecule has 1 aromatic rings. The molecule has 1 saturated carbocycles. The van der Waals surface area contributed by atoms with Crippen molar-refractivity contribution in [3.05, 3.63) is 28.5 Å². The van der Waals surface area contributed by atoms with Crippen molar-refractivity contribution in [2.24, 2.45) is 0 Å². The van der Waals surface area contributed by atoms with E-state index in [9.17, 15) is 14.0 Å². The second-order valence-corrected chi connectivity index (χ2v) is 6.53. The number of benzene rings is 1. The number of piperazine rings is 1. The molecule has 4 nitrogen and oxygen atoms in total. The highest BCUT2D eigenvalue weighted by Gasteiger charge is 2.47. The van der Waals surface area contributed by atoms with Gasteiger partial charge in [-0.25, -0.2) is 4.39 Å². The van der Waals surface area contributed by atoms with E-state index in [0.717, 1.165) is 19.3 Å². The van der Waals surface area contributed by atoms with Crippen molar-refractivity contribution in [3.8, 4) is 0 Å². The van der Waals surface area contributed by atoms with Gasteiger partial charge < -0.3 is 10.2 Å². The van der Waals surface area contributed by atoms with E-state index in [1.54, 1.807) is 6.07 Å². The van der Waals surface area contributed by atoms with Crippen LogP contribution >= 0.6 is 15.9 Å². The second-order valence-electron chi connectivity index (χ2n) is 5.68. The summed E-state index contributed by atoms with van der Waals surface area (Å²) in [6, 6.07) is 4.38. The van der Waals surface area contributed by atoms with E-state index < -0.39 is 5.54 Å². The number of nitrogens with one attached hydrogen (secondary N) is 1. The van der Waals surface area contributed by atoms with Crippen LogP contribution in [-0.4, -0.2) is 23.9 Å². The standard InChI is InChI=1S/C15H16BrFN2O2/c16-11-8-10(4-5-12(11)17)19-9-13(20)18-15(14(19)21)6-2-1-3-7-15/h4-5,8H,1-3,6-7,9H2,(H,18,20). The molecule has 3 rings (SSSR count). The number of rotatable bonds is 1. The van der Waals surface area contributed by atoms with Crippen molar-refractivity contribution in [2.45, 2.75) is 37.6 Å². The van der Waals surface area contributed by atoms with Gasteiger partial charge in [0.2, 0.25) is 5.91 Å². The Labute approximate surface area is 130 Å². The van der Waals surface area contributed by atoms with Crippen LogP contribution in [-0.2, 0) is 9.59 Å². The maximum absolute atomic E-state index is 13.4. The Morgan fingerprint density at radius 2 is 1.90 bits per heavy atom. The van der Waals surface area contributed by atoms with Crippen LogP contribution in [0.5, 0.6) is 0 Å². The van der Waals surface area contributed by atoms with Gasteiger partial charge in [0.25, 0.3) is 5.91 Å². The van der Waals surface area contributed by atoms with E-state index in [2.05, 4.69) is 21.2 Å². The molecule has 1 heterocycles. The molecule has 1 aliphatic carbocycles. The summed E-state index contributed by atoms with van der Waals surface area (Å²) in [6.07, 6.45) is 4.32. The van der Waals surface area contributed by atoms with Crippen LogP contribution in [0.25, 0.3) is 0 Å². The quantitative estimate of drug-likeness (QED) is 0.842. The van der Waals surface area contributed by atoms with Gasteiger partial charge in [-0.15, -0.1) is 0 Å². The number of nitrogens with zero attached hydrogens (tertiary/aromatic N) is 1. The van der Waals surface area contributed by atoms with Gasteiger partial charge in [-0.3, -0.25) is 9.59 Å². The highest BCUT2D eigenvalue weighted by molar-refractivity contribution is 9.10. The minimum absolute atomic E-state index is 0.0152. The lowest BCUT2D eigenvalue weighted by Gasteiger charge is -2.44. The van der Waals surface area contributed by atoms with Gasteiger partial charge in [-0.2, -0.15) is 0 Å². The van der Waals surface area contributed by atoms with E-state index in [1.807, 2.05) is 0 Å². The lowest BCUT2D eigenvalue weighted by atomic mass is 9.79. The first kappa shape index (κ1) is 14.5. The van der Waals surface area contributed by atoms with Crippen LogP contribution in [0.1, 0.15) is 32.1 Å². The summed E-state index contributed by atoms with van der Waals surface area (Å²) in [7, 11) is 0. The molecule has 1 N–H and O–H groups in total. The summed E-state index contributed by atoms with van der Waals surface area (Å²) in [5, 5.41) is 2.89. The summed E-state index contributed by atoms with van der Waals surface area (Å²) < 4.78 is 13.6. The molecule has 1 spiro atoms. The summed E-state index contributed by atoms with van der Waals surface area (Å²) in [4.78, 5) is 26.3. The minimum Gasteiger partial charge on any atom is -0.340 e. The molecular formula is C15H16BrFN2O2. The zero-order valence-electron chi connectivity index (χ0n) is 11.5. The van der Waals surface area contributed by atoms with Crippen molar-refractivity contribution in [1.82, 2.24) is 5.32 Å².